The van der Waals surface area contributed by atoms with E-state index in [2.05, 4.69) is 5.32 Å². The molecule has 0 amide bonds. The van der Waals surface area contributed by atoms with Gasteiger partial charge in [0, 0.05) is 6.04 Å². The number of hydrogen-bond acceptors (Lipinski definition) is 2. The van der Waals surface area contributed by atoms with Gasteiger partial charge in [0.1, 0.15) is 6.61 Å². The van der Waals surface area contributed by atoms with Crippen molar-refractivity contribution in [1.82, 2.24) is 5.32 Å². The summed E-state index contributed by atoms with van der Waals surface area (Å²) in [6, 6.07) is 5.13. The van der Waals surface area contributed by atoms with Gasteiger partial charge in [0.05, 0.1) is 5.02 Å². The van der Waals surface area contributed by atoms with Gasteiger partial charge in [0.25, 0.3) is 0 Å². The molecule has 1 aliphatic rings. The molecule has 16 heavy (non-hydrogen) atoms. The van der Waals surface area contributed by atoms with E-state index in [1.54, 1.807) is 12.1 Å². The van der Waals surface area contributed by atoms with Crippen LogP contribution in [0, 0.1) is 5.82 Å². The van der Waals surface area contributed by atoms with Gasteiger partial charge < -0.3 is 10.1 Å². The predicted octanol–water partition coefficient (Wildman–Crippen LogP) is 3.00. The number of halogens is 2. The lowest BCUT2D eigenvalue weighted by atomic mass is 10.1. The number of hydrogen-bond donors (Lipinski definition) is 1. The highest BCUT2D eigenvalue weighted by atomic mass is 35.5. The maximum Gasteiger partial charge on any atom is 0.183 e. The zero-order valence-corrected chi connectivity index (χ0v) is 9.77. The smallest absolute Gasteiger partial charge is 0.183 e. The zero-order valence-electron chi connectivity index (χ0n) is 9.01. The molecule has 1 fully saturated rings. The van der Waals surface area contributed by atoms with Crippen molar-refractivity contribution >= 4 is 11.6 Å². The third-order valence-corrected chi connectivity index (χ3v) is 3.06. The summed E-state index contributed by atoms with van der Waals surface area (Å²) in [6.45, 7) is 1.52. The summed E-state index contributed by atoms with van der Waals surface area (Å²) >= 11 is 5.66. The number of ether oxygens (including phenoxy) is 1. The Bertz CT molecular complexity index is 353. The van der Waals surface area contributed by atoms with E-state index in [0.29, 0.717) is 12.6 Å². The van der Waals surface area contributed by atoms with Gasteiger partial charge in [-0.05, 0) is 31.5 Å². The Morgan fingerprint density at radius 2 is 2.31 bits per heavy atom. The van der Waals surface area contributed by atoms with Crippen LogP contribution >= 0.6 is 11.6 Å². The molecule has 88 valence electrons. The van der Waals surface area contributed by atoms with Crippen molar-refractivity contribution in [2.45, 2.75) is 25.3 Å². The third-order valence-electron chi connectivity index (χ3n) is 2.77. The van der Waals surface area contributed by atoms with Crippen LogP contribution in [-0.2, 0) is 0 Å². The van der Waals surface area contributed by atoms with Crippen molar-refractivity contribution in [2.24, 2.45) is 0 Å². The predicted molar refractivity (Wildman–Crippen MR) is 62.5 cm³/mol. The van der Waals surface area contributed by atoms with Gasteiger partial charge in [-0.1, -0.05) is 24.1 Å². The quantitative estimate of drug-likeness (QED) is 0.881. The van der Waals surface area contributed by atoms with E-state index in [1.807, 2.05) is 0 Å². The van der Waals surface area contributed by atoms with E-state index < -0.39 is 5.82 Å². The fourth-order valence-corrected chi connectivity index (χ4v) is 2.02. The SMILES string of the molecule is Fc1c(Cl)cccc1OCC1CCCCN1. The Kier molecular flexibility index (Phi) is 4.02. The maximum atomic E-state index is 13.5. The Hall–Kier alpha value is -0.800. The monoisotopic (exact) mass is 243 g/mol. The molecule has 1 aromatic rings. The van der Waals surface area contributed by atoms with Crippen molar-refractivity contribution in [3.63, 3.8) is 0 Å². The first-order valence-electron chi connectivity index (χ1n) is 5.57. The number of benzene rings is 1. The van der Waals surface area contributed by atoms with E-state index in [-0.39, 0.29) is 10.8 Å². The summed E-state index contributed by atoms with van der Waals surface area (Å²) in [5.74, 6) is -0.236. The molecule has 0 aromatic heterocycles. The highest BCUT2D eigenvalue weighted by molar-refractivity contribution is 6.30. The van der Waals surface area contributed by atoms with Gasteiger partial charge in [-0.3, -0.25) is 0 Å². The molecular formula is C12H15ClFNO. The van der Waals surface area contributed by atoms with Crippen molar-refractivity contribution < 1.29 is 9.13 Å². The van der Waals surface area contributed by atoms with E-state index in [1.165, 1.54) is 18.9 Å². The van der Waals surface area contributed by atoms with Gasteiger partial charge in [0.15, 0.2) is 11.6 Å². The molecule has 0 saturated carbocycles. The largest absolute Gasteiger partial charge is 0.489 e. The fraction of sp³-hybridized carbons (Fsp3) is 0.500. The molecule has 0 bridgehead atoms. The van der Waals surface area contributed by atoms with Crippen LogP contribution in [0.2, 0.25) is 5.02 Å². The maximum absolute atomic E-state index is 13.5. The third kappa shape index (κ3) is 2.86. The Balaban J connectivity index is 1.91. The molecular weight excluding hydrogens is 229 g/mol. The van der Waals surface area contributed by atoms with Gasteiger partial charge in [-0.25, -0.2) is 4.39 Å². The van der Waals surface area contributed by atoms with Crippen LogP contribution in [0.25, 0.3) is 0 Å². The van der Waals surface area contributed by atoms with Gasteiger partial charge in [-0.15, -0.1) is 0 Å². The number of rotatable bonds is 3. The van der Waals surface area contributed by atoms with Crippen molar-refractivity contribution in [2.75, 3.05) is 13.2 Å². The lowest BCUT2D eigenvalue weighted by molar-refractivity contribution is 0.231. The van der Waals surface area contributed by atoms with Crippen molar-refractivity contribution in [3.05, 3.63) is 29.0 Å². The lowest BCUT2D eigenvalue weighted by Crippen LogP contribution is -2.38. The molecule has 0 aliphatic carbocycles. The molecule has 1 saturated heterocycles. The normalized spacial score (nSPS) is 20.8. The number of piperidine rings is 1. The highest BCUT2D eigenvalue weighted by Gasteiger charge is 2.14. The minimum atomic E-state index is -0.472. The molecule has 2 rings (SSSR count). The second-order valence-corrected chi connectivity index (χ2v) is 4.42. The van der Waals surface area contributed by atoms with E-state index in [0.717, 1.165) is 13.0 Å². The second-order valence-electron chi connectivity index (χ2n) is 4.01. The van der Waals surface area contributed by atoms with Crippen LogP contribution in [-0.4, -0.2) is 19.2 Å². The van der Waals surface area contributed by atoms with Crippen LogP contribution in [0.5, 0.6) is 5.75 Å². The topological polar surface area (TPSA) is 21.3 Å². The van der Waals surface area contributed by atoms with Crippen LogP contribution in [0.15, 0.2) is 18.2 Å². The standard InChI is InChI=1S/C12H15ClFNO/c13-10-5-3-6-11(12(10)14)16-8-9-4-1-2-7-15-9/h3,5-6,9,15H,1-2,4,7-8H2. The van der Waals surface area contributed by atoms with Crippen LogP contribution in [0.1, 0.15) is 19.3 Å². The summed E-state index contributed by atoms with van der Waals surface area (Å²) in [5.41, 5.74) is 0. The fourth-order valence-electron chi connectivity index (χ4n) is 1.85. The molecule has 0 radical (unpaired) electrons. The van der Waals surface area contributed by atoms with Crippen molar-refractivity contribution in [3.8, 4) is 5.75 Å². The molecule has 1 heterocycles. The summed E-state index contributed by atoms with van der Waals surface area (Å²) in [4.78, 5) is 0. The first-order chi connectivity index (χ1) is 7.77. The Morgan fingerprint density at radius 1 is 1.44 bits per heavy atom. The van der Waals surface area contributed by atoms with Gasteiger partial charge in [0.2, 0.25) is 0 Å². The summed E-state index contributed by atoms with van der Waals surface area (Å²) in [5, 5.41) is 3.45. The lowest BCUT2D eigenvalue weighted by Gasteiger charge is -2.23. The van der Waals surface area contributed by atoms with E-state index >= 15 is 0 Å². The average molecular weight is 244 g/mol. The minimum absolute atomic E-state index is 0.106. The molecule has 1 aliphatic heterocycles. The van der Waals surface area contributed by atoms with Crippen LogP contribution in [0.4, 0.5) is 4.39 Å². The molecule has 1 aromatic carbocycles. The summed E-state index contributed by atoms with van der Waals surface area (Å²) < 4.78 is 18.9. The van der Waals surface area contributed by atoms with E-state index in [4.69, 9.17) is 16.3 Å². The summed E-state index contributed by atoms with van der Waals surface area (Å²) in [6.07, 6.45) is 3.50. The molecule has 0 spiro atoms. The molecule has 1 atom stereocenters. The molecule has 1 unspecified atom stereocenters. The van der Waals surface area contributed by atoms with Crippen LogP contribution < -0.4 is 10.1 Å². The van der Waals surface area contributed by atoms with E-state index in [9.17, 15) is 4.39 Å². The number of nitrogens with one attached hydrogen (secondary N) is 1. The highest BCUT2D eigenvalue weighted by Crippen LogP contribution is 2.24. The Morgan fingerprint density at radius 3 is 3.06 bits per heavy atom. The van der Waals surface area contributed by atoms with Gasteiger partial charge in [-0.2, -0.15) is 0 Å². The van der Waals surface area contributed by atoms with Crippen molar-refractivity contribution in [1.29, 1.82) is 0 Å². The second kappa shape index (κ2) is 5.51. The molecule has 4 heteroatoms. The first kappa shape index (κ1) is 11.7. The molecule has 1 N–H and O–H groups in total. The zero-order chi connectivity index (χ0) is 11.4. The first-order valence-corrected chi connectivity index (χ1v) is 5.95. The summed E-state index contributed by atoms with van der Waals surface area (Å²) in [7, 11) is 0. The van der Waals surface area contributed by atoms with Crippen LogP contribution in [0.3, 0.4) is 0 Å². The Labute approximate surface area is 99.7 Å². The van der Waals surface area contributed by atoms with Gasteiger partial charge >= 0.3 is 0 Å². The average Bonchev–Trinajstić information content (AvgIpc) is 2.32. The minimum Gasteiger partial charge on any atom is -0.489 e. The molecule has 2 nitrogen and oxygen atoms in total.